The average molecular weight is 290 g/mol. The number of nitrogens with two attached hydrogens (primary N) is 1. The predicted molar refractivity (Wildman–Crippen MR) is 65.3 cm³/mol. The highest BCUT2D eigenvalue weighted by Gasteiger charge is 2.42. The van der Waals surface area contributed by atoms with Crippen LogP contribution in [0.15, 0.2) is 11.8 Å². The van der Waals surface area contributed by atoms with Crippen LogP contribution in [-0.4, -0.2) is 69.3 Å². The van der Waals surface area contributed by atoms with Gasteiger partial charge in [0.25, 0.3) is 0 Å². The number of ether oxygens (including phenoxy) is 1. The maximum absolute atomic E-state index is 11.1. The van der Waals surface area contributed by atoms with Gasteiger partial charge in [0.05, 0.1) is 18.7 Å². The molecule has 0 radical (unpaired) electrons. The van der Waals surface area contributed by atoms with Gasteiger partial charge in [-0.1, -0.05) is 0 Å². The molecule has 0 aromatic heterocycles. The topological polar surface area (TPSA) is 162 Å². The van der Waals surface area contributed by atoms with Crippen molar-refractivity contribution in [3.05, 3.63) is 11.8 Å². The van der Waals surface area contributed by atoms with Crippen LogP contribution in [0.5, 0.6) is 0 Å². The van der Waals surface area contributed by atoms with E-state index in [4.69, 9.17) is 20.7 Å². The van der Waals surface area contributed by atoms with Crippen molar-refractivity contribution in [3.8, 4) is 0 Å². The summed E-state index contributed by atoms with van der Waals surface area (Å²) in [6.07, 6.45) is -3.38. The molecule has 9 heteroatoms. The highest BCUT2D eigenvalue weighted by atomic mass is 16.5. The van der Waals surface area contributed by atoms with E-state index in [1.807, 2.05) is 0 Å². The molecule has 0 saturated heterocycles. The number of amides is 1. The molecule has 9 nitrogen and oxygen atoms in total. The van der Waals surface area contributed by atoms with E-state index < -0.39 is 54.6 Å². The van der Waals surface area contributed by atoms with E-state index in [1.165, 1.54) is 6.92 Å². The summed E-state index contributed by atoms with van der Waals surface area (Å²) in [5.41, 5.74) is 5.74. The third-order valence-corrected chi connectivity index (χ3v) is 2.87. The monoisotopic (exact) mass is 290 g/mol. The SMILES string of the molecule is CC(=O)N[C@H]1[C@H]([C@@H](O)[C@@H](O)CO)OC(C(=O)O)=C[C@@H]1N. The Kier molecular flexibility index (Phi) is 5.45. The summed E-state index contributed by atoms with van der Waals surface area (Å²) < 4.78 is 5.06. The van der Waals surface area contributed by atoms with Crippen molar-refractivity contribution in [1.82, 2.24) is 5.32 Å². The Morgan fingerprint density at radius 2 is 2.10 bits per heavy atom. The zero-order valence-electron chi connectivity index (χ0n) is 10.8. The van der Waals surface area contributed by atoms with Gasteiger partial charge < -0.3 is 36.2 Å². The van der Waals surface area contributed by atoms with Gasteiger partial charge in [0, 0.05) is 6.92 Å². The van der Waals surface area contributed by atoms with Crippen molar-refractivity contribution in [2.24, 2.45) is 5.73 Å². The van der Waals surface area contributed by atoms with Gasteiger partial charge in [-0.05, 0) is 6.08 Å². The Morgan fingerprint density at radius 3 is 2.55 bits per heavy atom. The van der Waals surface area contributed by atoms with Crippen LogP contribution >= 0.6 is 0 Å². The van der Waals surface area contributed by atoms with Crippen molar-refractivity contribution in [2.45, 2.75) is 37.3 Å². The smallest absolute Gasteiger partial charge is 0.370 e. The van der Waals surface area contributed by atoms with Gasteiger partial charge in [-0.2, -0.15) is 0 Å². The summed E-state index contributed by atoms with van der Waals surface area (Å²) in [5, 5.41) is 39.5. The zero-order chi connectivity index (χ0) is 15.4. The first-order valence-electron chi connectivity index (χ1n) is 5.89. The van der Waals surface area contributed by atoms with Crippen molar-refractivity contribution in [2.75, 3.05) is 6.61 Å². The van der Waals surface area contributed by atoms with E-state index in [0.717, 1.165) is 6.08 Å². The molecular formula is C11H18N2O7. The normalized spacial score (nSPS) is 28.9. The van der Waals surface area contributed by atoms with Gasteiger partial charge in [0.1, 0.15) is 18.3 Å². The molecule has 0 spiro atoms. The lowest BCUT2D eigenvalue weighted by Gasteiger charge is -2.38. The highest BCUT2D eigenvalue weighted by molar-refractivity contribution is 5.84. The van der Waals surface area contributed by atoms with Crippen molar-refractivity contribution in [1.29, 1.82) is 0 Å². The second-order valence-corrected chi connectivity index (χ2v) is 4.46. The molecule has 0 aromatic carbocycles. The Hall–Kier alpha value is -1.68. The van der Waals surface area contributed by atoms with Crippen LogP contribution in [0.2, 0.25) is 0 Å². The first-order chi connectivity index (χ1) is 9.27. The molecule has 1 heterocycles. The summed E-state index contributed by atoms with van der Waals surface area (Å²) in [6, 6.07) is -1.86. The fraction of sp³-hybridized carbons (Fsp3) is 0.636. The zero-order valence-corrected chi connectivity index (χ0v) is 10.8. The predicted octanol–water partition coefficient (Wildman–Crippen LogP) is -3.10. The second kappa shape index (κ2) is 6.66. The van der Waals surface area contributed by atoms with E-state index >= 15 is 0 Å². The summed E-state index contributed by atoms with van der Waals surface area (Å²) in [7, 11) is 0. The molecule has 0 aromatic rings. The molecule has 0 fully saturated rings. The van der Waals surface area contributed by atoms with Gasteiger partial charge in [-0.15, -0.1) is 0 Å². The minimum Gasteiger partial charge on any atom is -0.478 e. The summed E-state index contributed by atoms with van der Waals surface area (Å²) in [5.74, 6) is -2.34. The van der Waals surface area contributed by atoms with Crippen LogP contribution in [0.1, 0.15) is 6.92 Å². The molecule has 5 atom stereocenters. The molecule has 114 valence electrons. The number of aliphatic hydroxyl groups is 3. The Balaban J connectivity index is 3.04. The molecule has 0 unspecified atom stereocenters. The lowest BCUT2D eigenvalue weighted by molar-refractivity contribution is -0.145. The summed E-state index contributed by atoms with van der Waals surface area (Å²) in [6.45, 7) is 0.463. The van der Waals surface area contributed by atoms with Crippen LogP contribution in [0.4, 0.5) is 0 Å². The molecule has 1 aliphatic heterocycles. The number of carboxylic acid groups (broad SMARTS) is 1. The first kappa shape index (κ1) is 16.4. The van der Waals surface area contributed by atoms with Crippen molar-refractivity contribution < 1.29 is 34.8 Å². The minimum absolute atomic E-state index is 0.461. The van der Waals surface area contributed by atoms with E-state index in [1.54, 1.807) is 0 Å². The largest absolute Gasteiger partial charge is 0.478 e. The number of aliphatic carboxylic acids is 1. The van der Waals surface area contributed by atoms with Crippen LogP contribution in [0, 0.1) is 0 Å². The fourth-order valence-electron chi connectivity index (χ4n) is 1.90. The molecular weight excluding hydrogens is 272 g/mol. The number of carboxylic acids is 1. The van der Waals surface area contributed by atoms with E-state index in [9.17, 15) is 19.8 Å². The Bertz CT molecular complexity index is 412. The second-order valence-electron chi connectivity index (χ2n) is 4.46. The lowest BCUT2D eigenvalue weighted by Crippen LogP contribution is -2.62. The Morgan fingerprint density at radius 1 is 1.50 bits per heavy atom. The third-order valence-electron chi connectivity index (χ3n) is 2.87. The van der Waals surface area contributed by atoms with Crippen LogP contribution in [0.3, 0.4) is 0 Å². The van der Waals surface area contributed by atoms with Crippen LogP contribution < -0.4 is 11.1 Å². The van der Waals surface area contributed by atoms with Gasteiger partial charge in [0.2, 0.25) is 11.7 Å². The maximum atomic E-state index is 11.1. The number of hydrogen-bond acceptors (Lipinski definition) is 7. The molecule has 1 aliphatic rings. The van der Waals surface area contributed by atoms with Crippen molar-refractivity contribution >= 4 is 11.9 Å². The molecule has 0 aliphatic carbocycles. The van der Waals surface area contributed by atoms with Gasteiger partial charge in [0.15, 0.2) is 0 Å². The third kappa shape index (κ3) is 3.67. The van der Waals surface area contributed by atoms with E-state index in [-0.39, 0.29) is 0 Å². The molecule has 7 N–H and O–H groups in total. The summed E-state index contributed by atoms with van der Waals surface area (Å²) in [4.78, 5) is 22.0. The Labute approximate surface area is 114 Å². The molecule has 0 bridgehead atoms. The highest BCUT2D eigenvalue weighted by Crippen LogP contribution is 2.21. The van der Waals surface area contributed by atoms with E-state index in [0.29, 0.717) is 0 Å². The van der Waals surface area contributed by atoms with Gasteiger partial charge in [-0.3, -0.25) is 4.79 Å². The number of rotatable bonds is 5. The number of aliphatic hydroxyl groups excluding tert-OH is 3. The maximum Gasteiger partial charge on any atom is 0.370 e. The number of carbonyl (C=O) groups is 2. The summed E-state index contributed by atoms with van der Waals surface area (Å²) >= 11 is 0. The standard InChI is InChI=1S/C11H18N2O7/c1-4(15)13-8-5(12)2-7(11(18)19)20-10(8)9(17)6(16)3-14/h2,5-6,8-10,14,16-17H,3,12H2,1H3,(H,13,15)(H,18,19)/t5-,6-,8+,9-,10+/m0/s1. The lowest BCUT2D eigenvalue weighted by atomic mass is 9.92. The average Bonchev–Trinajstić information content (AvgIpc) is 2.38. The minimum atomic E-state index is -1.62. The van der Waals surface area contributed by atoms with Crippen LogP contribution in [-0.2, 0) is 14.3 Å². The van der Waals surface area contributed by atoms with Gasteiger partial charge in [-0.25, -0.2) is 4.79 Å². The van der Waals surface area contributed by atoms with Gasteiger partial charge >= 0.3 is 5.97 Å². The fourth-order valence-corrected chi connectivity index (χ4v) is 1.90. The van der Waals surface area contributed by atoms with E-state index in [2.05, 4.69) is 5.32 Å². The first-order valence-corrected chi connectivity index (χ1v) is 5.89. The van der Waals surface area contributed by atoms with Crippen molar-refractivity contribution in [3.63, 3.8) is 0 Å². The molecule has 1 amide bonds. The molecule has 0 saturated carbocycles. The number of hydrogen-bond donors (Lipinski definition) is 6. The molecule has 1 rings (SSSR count). The molecule has 20 heavy (non-hydrogen) atoms. The quantitative estimate of drug-likeness (QED) is 0.310. The van der Waals surface area contributed by atoms with Crippen LogP contribution in [0.25, 0.3) is 0 Å². The number of carbonyl (C=O) groups excluding carboxylic acids is 1. The number of nitrogens with one attached hydrogen (secondary N) is 1.